The number of amides is 1. The zero-order chi connectivity index (χ0) is 13.7. The number of nitrogens with zero attached hydrogens (tertiary/aromatic N) is 3. The second kappa shape index (κ2) is 6.28. The first kappa shape index (κ1) is 14.3. The summed E-state index contributed by atoms with van der Waals surface area (Å²) in [5.74, 6) is 0.902. The quantitative estimate of drug-likeness (QED) is 0.775. The van der Waals surface area contributed by atoms with Gasteiger partial charge in [-0.15, -0.1) is 0 Å². The normalized spacial score (nSPS) is 10.4. The molecule has 1 heterocycles. The van der Waals surface area contributed by atoms with E-state index in [1.54, 1.807) is 11.7 Å². The van der Waals surface area contributed by atoms with Crippen molar-refractivity contribution in [3.8, 4) is 0 Å². The molecule has 0 fully saturated rings. The van der Waals surface area contributed by atoms with Crippen molar-refractivity contribution in [2.45, 2.75) is 26.2 Å². The van der Waals surface area contributed by atoms with Crippen molar-refractivity contribution in [2.24, 2.45) is 7.05 Å². The van der Waals surface area contributed by atoms with E-state index in [0.29, 0.717) is 13.0 Å². The molecule has 0 aliphatic heterocycles. The molecular formula is C12H23N5O. The van der Waals surface area contributed by atoms with Gasteiger partial charge in [-0.25, -0.2) is 0 Å². The molecular weight excluding hydrogens is 230 g/mol. The average Bonchev–Trinajstić information content (AvgIpc) is 2.62. The molecule has 0 bridgehead atoms. The van der Waals surface area contributed by atoms with Crippen LogP contribution < -0.4 is 16.0 Å². The molecule has 1 amide bonds. The molecule has 102 valence electrons. The molecule has 6 nitrogen and oxygen atoms in total. The van der Waals surface area contributed by atoms with Gasteiger partial charge in [-0.3, -0.25) is 9.48 Å². The number of nitrogens with one attached hydrogen (secondary N) is 1. The minimum Gasteiger partial charge on any atom is -0.394 e. The smallest absolute Gasteiger partial charge is 0.221 e. The van der Waals surface area contributed by atoms with Crippen LogP contribution in [0, 0.1) is 0 Å². The first-order valence-corrected chi connectivity index (χ1v) is 6.24. The number of aromatic nitrogens is 2. The van der Waals surface area contributed by atoms with Gasteiger partial charge in [-0.2, -0.15) is 5.10 Å². The molecule has 0 saturated heterocycles. The Hall–Kier alpha value is -1.72. The topological polar surface area (TPSA) is 76.2 Å². The molecule has 0 spiro atoms. The van der Waals surface area contributed by atoms with Crippen molar-refractivity contribution in [3.05, 3.63) is 5.69 Å². The first-order valence-electron chi connectivity index (χ1n) is 6.24. The van der Waals surface area contributed by atoms with Gasteiger partial charge in [0.05, 0.1) is 11.4 Å². The van der Waals surface area contributed by atoms with Gasteiger partial charge in [-0.1, -0.05) is 13.3 Å². The van der Waals surface area contributed by atoms with Crippen molar-refractivity contribution in [1.82, 2.24) is 15.1 Å². The van der Waals surface area contributed by atoms with Gasteiger partial charge in [0.2, 0.25) is 5.91 Å². The third kappa shape index (κ3) is 3.15. The lowest BCUT2D eigenvalue weighted by Crippen LogP contribution is -2.28. The predicted molar refractivity (Wildman–Crippen MR) is 73.6 cm³/mol. The predicted octanol–water partition coefficient (Wildman–Crippen LogP) is 0.527. The largest absolute Gasteiger partial charge is 0.394 e. The van der Waals surface area contributed by atoms with Crippen molar-refractivity contribution < 1.29 is 4.79 Å². The fraction of sp³-hybridized carbons (Fsp3) is 0.667. The highest BCUT2D eigenvalue weighted by Crippen LogP contribution is 2.26. The van der Waals surface area contributed by atoms with Gasteiger partial charge >= 0.3 is 0 Å². The zero-order valence-corrected chi connectivity index (χ0v) is 11.7. The average molecular weight is 253 g/mol. The molecule has 0 saturated carbocycles. The maximum Gasteiger partial charge on any atom is 0.221 e. The number of rotatable bonds is 6. The van der Waals surface area contributed by atoms with Crippen LogP contribution in [0.2, 0.25) is 0 Å². The molecule has 0 unspecified atom stereocenters. The lowest BCUT2D eigenvalue weighted by atomic mass is 10.2. The van der Waals surface area contributed by atoms with Crippen molar-refractivity contribution in [2.75, 3.05) is 31.3 Å². The number of anilines is 2. The molecule has 0 aromatic carbocycles. The Kier molecular flexibility index (Phi) is 5.00. The Labute approximate surface area is 108 Å². The van der Waals surface area contributed by atoms with Crippen molar-refractivity contribution >= 4 is 17.4 Å². The highest BCUT2D eigenvalue weighted by atomic mass is 16.1. The van der Waals surface area contributed by atoms with Crippen LogP contribution in [0.25, 0.3) is 0 Å². The van der Waals surface area contributed by atoms with Gasteiger partial charge in [-0.05, 0) is 6.42 Å². The summed E-state index contributed by atoms with van der Waals surface area (Å²) < 4.78 is 1.78. The molecule has 1 rings (SSSR count). The monoisotopic (exact) mass is 253 g/mol. The summed E-state index contributed by atoms with van der Waals surface area (Å²) in [5.41, 5.74) is 7.76. The second-order valence-corrected chi connectivity index (χ2v) is 4.40. The van der Waals surface area contributed by atoms with Crippen LogP contribution in [0.3, 0.4) is 0 Å². The van der Waals surface area contributed by atoms with Crippen LogP contribution in [0.15, 0.2) is 0 Å². The van der Waals surface area contributed by atoms with E-state index < -0.39 is 0 Å². The van der Waals surface area contributed by atoms with Crippen molar-refractivity contribution in [1.29, 1.82) is 0 Å². The third-order valence-electron chi connectivity index (χ3n) is 2.93. The summed E-state index contributed by atoms with van der Waals surface area (Å²) in [4.78, 5) is 13.2. The number of carbonyl (C=O) groups excluding carboxylic acids is 1. The Balaban J connectivity index is 2.78. The Morgan fingerprint density at radius 2 is 2.22 bits per heavy atom. The summed E-state index contributed by atoms with van der Waals surface area (Å²) in [6.45, 7) is 2.72. The first-order chi connectivity index (χ1) is 8.51. The Morgan fingerprint density at radius 3 is 2.78 bits per heavy atom. The maximum absolute atomic E-state index is 11.2. The van der Waals surface area contributed by atoms with Gasteiger partial charge < -0.3 is 16.0 Å². The van der Waals surface area contributed by atoms with Crippen LogP contribution in [0.5, 0.6) is 0 Å². The molecule has 3 N–H and O–H groups in total. The van der Waals surface area contributed by atoms with Crippen LogP contribution in [-0.2, 0) is 18.3 Å². The number of nitrogen functional groups attached to an aromatic ring is 1. The Morgan fingerprint density at radius 1 is 1.56 bits per heavy atom. The van der Waals surface area contributed by atoms with E-state index in [4.69, 9.17) is 5.73 Å². The van der Waals surface area contributed by atoms with Crippen LogP contribution >= 0.6 is 0 Å². The molecule has 1 aromatic heterocycles. The number of carbonyl (C=O) groups is 1. The van der Waals surface area contributed by atoms with Gasteiger partial charge in [0, 0.05) is 34.1 Å². The molecule has 0 aliphatic carbocycles. The van der Waals surface area contributed by atoms with E-state index in [9.17, 15) is 4.79 Å². The molecule has 6 heteroatoms. The molecule has 0 aliphatic rings. The van der Waals surface area contributed by atoms with Gasteiger partial charge in [0.1, 0.15) is 5.82 Å². The highest BCUT2D eigenvalue weighted by molar-refractivity contribution is 5.76. The second-order valence-electron chi connectivity index (χ2n) is 4.40. The van der Waals surface area contributed by atoms with E-state index in [1.807, 2.05) is 19.0 Å². The summed E-state index contributed by atoms with van der Waals surface area (Å²) in [6, 6.07) is 0. The molecule has 0 radical (unpaired) electrons. The third-order valence-corrected chi connectivity index (χ3v) is 2.93. The highest BCUT2D eigenvalue weighted by Gasteiger charge is 2.16. The van der Waals surface area contributed by atoms with E-state index >= 15 is 0 Å². The van der Waals surface area contributed by atoms with Crippen molar-refractivity contribution in [3.63, 3.8) is 0 Å². The summed E-state index contributed by atoms with van der Waals surface area (Å²) in [6.07, 6.45) is 2.34. The number of nitrogens with two attached hydrogens (primary N) is 1. The maximum atomic E-state index is 11.2. The summed E-state index contributed by atoms with van der Waals surface area (Å²) >= 11 is 0. The van der Waals surface area contributed by atoms with E-state index in [1.165, 1.54) is 0 Å². The fourth-order valence-electron chi connectivity index (χ4n) is 1.96. The lowest BCUT2D eigenvalue weighted by Gasteiger charge is -2.19. The van der Waals surface area contributed by atoms with E-state index in [0.717, 1.165) is 30.0 Å². The molecule has 0 atom stereocenters. The SMILES string of the molecule is CCCc1nn(C)c(N(C)CCC(=O)NC)c1N. The lowest BCUT2D eigenvalue weighted by molar-refractivity contribution is -0.120. The zero-order valence-electron chi connectivity index (χ0n) is 11.7. The minimum atomic E-state index is 0.0244. The summed E-state index contributed by atoms with van der Waals surface area (Å²) in [7, 11) is 5.44. The standard InChI is InChI=1S/C12H23N5O/c1-5-6-9-11(13)12(17(4)15-9)16(3)8-7-10(18)14-2/h5-8,13H2,1-4H3,(H,14,18). The Bertz CT molecular complexity index is 413. The number of hydrogen-bond acceptors (Lipinski definition) is 4. The van der Waals surface area contributed by atoms with Gasteiger partial charge in [0.15, 0.2) is 0 Å². The summed E-state index contributed by atoms with van der Waals surface area (Å²) in [5, 5.41) is 7.02. The van der Waals surface area contributed by atoms with E-state index in [-0.39, 0.29) is 5.91 Å². The number of hydrogen-bond donors (Lipinski definition) is 2. The van der Waals surface area contributed by atoms with Crippen LogP contribution in [-0.4, -0.2) is 36.3 Å². The van der Waals surface area contributed by atoms with Crippen LogP contribution in [0.4, 0.5) is 11.5 Å². The fourth-order valence-corrected chi connectivity index (χ4v) is 1.96. The minimum absolute atomic E-state index is 0.0244. The van der Waals surface area contributed by atoms with Gasteiger partial charge in [0.25, 0.3) is 0 Å². The molecule has 1 aromatic rings. The van der Waals surface area contributed by atoms with E-state index in [2.05, 4.69) is 17.3 Å². The molecule has 18 heavy (non-hydrogen) atoms. The van der Waals surface area contributed by atoms with Crippen LogP contribution in [0.1, 0.15) is 25.5 Å². The number of aryl methyl sites for hydroxylation is 2.